The molecule has 0 saturated carbocycles. The Morgan fingerprint density at radius 3 is 2.45 bits per heavy atom. The number of rotatable bonds is 4. The molecule has 2 aromatic rings. The molecule has 2 aromatic carbocycles. The van der Waals surface area contributed by atoms with E-state index in [9.17, 15) is 9.59 Å². The highest BCUT2D eigenvalue weighted by Gasteiger charge is 2.15. The number of carbonyl (C=O) groups is 2. The van der Waals surface area contributed by atoms with E-state index in [1.807, 2.05) is 6.07 Å². The summed E-state index contributed by atoms with van der Waals surface area (Å²) in [5, 5.41) is 0. The van der Waals surface area contributed by atoms with Gasteiger partial charge in [0.2, 0.25) is 0 Å². The zero-order valence-electron chi connectivity index (χ0n) is 10.9. The van der Waals surface area contributed by atoms with Crippen LogP contribution in [-0.2, 0) is 0 Å². The van der Waals surface area contributed by atoms with Crippen molar-refractivity contribution in [3.8, 4) is 5.75 Å². The summed E-state index contributed by atoms with van der Waals surface area (Å²) in [4.78, 5) is 23.9. The zero-order valence-corrected chi connectivity index (χ0v) is 12.5. The maximum absolute atomic E-state index is 12.0. The maximum atomic E-state index is 12.0. The lowest BCUT2D eigenvalue weighted by molar-refractivity contribution is 0.0732. The highest BCUT2D eigenvalue weighted by Crippen LogP contribution is 2.25. The normalized spacial score (nSPS) is 10.1. The lowest BCUT2D eigenvalue weighted by Crippen LogP contribution is -2.11. The van der Waals surface area contributed by atoms with E-state index in [0.717, 1.165) is 4.47 Å². The summed E-state index contributed by atoms with van der Waals surface area (Å²) in [5.41, 5.74) is 0.863. The maximum Gasteiger partial charge on any atom is 0.343 e. The van der Waals surface area contributed by atoms with Crippen LogP contribution in [0.5, 0.6) is 5.75 Å². The van der Waals surface area contributed by atoms with Crippen LogP contribution in [0.3, 0.4) is 0 Å². The molecule has 0 heterocycles. The smallest absolute Gasteiger partial charge is 0.343 e. The van der Waals surface area contributed by atoms with Crippen molar-refractivity contribution in [3.05, 3.63) is 64.1 Å². The summed E-state index contributed by atoms with van der Waals surface area (Å²) in [6.45, 7) is 1.77. The molecule has 0 aliphatic carbocycles. The van der Waals surface area contributed by atoms with E-state index in [4.69, 9.17) is 4.74 Å². The third-order valence-electron chi connectivity index (χ3n) is 2.78. The second-order valence-electron chi connectivity index (χ2n) is 4.17. The van der Waals surface area contributed by atoms with Gasteiger partial charge in [-0.05, 0) is 30.3 Å². The van der Waals surface area contributed by atoms with Gasteiger partial charge in [0.1, 0.15) is 5.75 Å². The van der Waals surface area contributed by atoms with E-state index < -0.39 is 5.97 Å². The molecule has 0 amide bonds. The van der Waals surface area contributed by atoms with Crippen molar-refractivity contribution in [3.63, 3.8) is 0 Å². The van der Waals surface area contributed by atoms with Crippen molar-refractivity contribution in [2.45, 2.75) is 13.3 Å². The van der Waals surface area contributed by atoms with Crippen molar-refractivity contribution in [2.75, 3.05) is 0 Å². The van der Waals surface area contributed by atoms with Crippen molar-refractivity contribution in [2.24, 2.45) is 0 Å². The molecule has 2 rings (SSSR count). The molecular formula is C16H13BrO3. The topological polar surface area (TPSA) is 43.4 Å². The Morgan fingerprint density at radius 1 is 1.10 bits per heavy atom. The molecule has 0 spiro atoms. The monoisotopic (exact) mass is 332 g/mol. The molecule has 0 saturated heterocycles. The Bertz CT molecular complexity index is 635. The fraction of sp³-hybridized carbons (Fsp3) is 0.125. The molecule has 0 aliphatic heterocycles. The summed E-state index contributed by atoms with van der Waals surface area (Å²) in [7, 11) is 0. The Balaban J connectivity index is 2.31. The molecule has 20 heavy (non-hydrogen) atoms. The fourth-order valence-electron chi connectivity index (χ4n) is 1.73. The minimum Gasteiger partial charge on any atom is -0.422 e. The first kappa shape index (κ1) is 14.5. The average Bonchev–Trinajstić information content (AvgIpc) is 2.47. The second kappa shape index (κ2) is 6.48. The van der Waals surface area contributed by atoms with Gasteiger partial charge in [0.05, 0.1) is 11.1 Å². The summed E-state index contributed by atoms with van der Waals surface area (Å²) in [6, 6.07) is 13.7. The number of benzene rings is 2. The molecule has 0 atom stereocenters. The first-order valence-corrected chi connectivity index (χ1v) is 7.01. The molecule has 4 heteroatoms. The first-order chi connectivity index (χ1) is 9.61. The van der Waals surface area contributed by atoms with Crippen molar-refractivity contribution >= 4 is 27.7 Å². The molecule has 102 valence electrons. The number of carbonyl (C=O) groups excluding carboxylic acids is 2. The fourth-order valence-corrected chi connectivity index (χ4v) is 2.07. The van der Waals surface area contributed by atoms with Crippen LogP contribution in [0.25, 0.3) is 0 Å². The molecule has 0 radical (unpaired) electrons. The van der Waals surface area contributed by atoms with Crippen molar-refractivity contribution in [1.82, 2.24) is 0 Å². The lowest BCUT2D eigenvalue weighted by atomic mass is 10.1. The zero-order chi connectivity index (χ0) is 14.5. The summed E-state index contributed by atoms with van der Waals surface area (Å²) in [6.07, 6.45) is 0.359. The predicted molar refractivity (Wildman–Crippen MR) is 80.2 cm³/mol. The van der Waals surface area contributed by atoms with Gasteiger partial charge in [0.15, 0.2) is 5.78 Å². The van der Waals surface area contributed by atoms with Crippen LogP contribution in [0.1, 0.15) is 34.1 Å². The third kappa shape index (κ3) is 3.33. The summed E-state index contributed by atoms with van der Waals surface area (Å²) < 4.78 is 6.10. The van der Waals surface area contributed by atoms with Gasteiger partial charge < -0.3 is 4.74 Å². The van der Waals surface area contributed by atoms with Gasteiger partial charge >= 0.3 is 5.97 Å². The van der Waals surface area contributed by atoms with Gasteiger partial charge in [-0.15, -0.1) is 0 Å². The second-order valence-corrected chi connectivity index (χ2v) is 5.09. The number of ketones is 1. The van der Waals surface area contributed by atoms with Crippen LogP contribution in [0.15, 0.2) is 53.0 Å². The van der Waals surface area contributed by atoms with Crippen LogP contribution in [0.2, 0.25) is 0 Å². The van der Waals surface area contributed by atoms with Gasteiger partial charge in [0.25, 0.3) is 0 Å². The summed E-state index contributed by atoms with van der Waals surface area (Å²) in [5.74, 6) is -0.262. The molecule has 0 fully saturated rings. The van der Waals surface area contributed by atoms with Gasteiger partial charge in [-0.2, -0.15) is 0 Å². The van der Waals surface area contributed by atoms with E-state index >= 15 is 0 Å². The number of hydrogen-bond donors (Lipinski definition) is 0. The largest absolute Gasteiger partial charge is 0.422 e. The van der Waals surface area contributed by atoms with Crippen LogP contribution in [-0.4, -0.2) is 11.8 Å². The van der Waals surface area contributed by atoms with E-state index in [-0.39, 0.29) is 11.5 Å². The molecule has 0 aromatic heterocycles. The van der Waals surface area contributed by atoms with Crippen LogP contribution < -0.4 is 4.74 Å². The predicted octanol–water partition coefficient (Wildman–Crippen LogP) is 4.26. The molecule has 0 bridgehead atoms. The standard InChI is InChI=1S/C16H13BrO3/c1-2-14(18)13-9-8-12(17)10-15(13)20-16(19)11-6-4-3-5-7-11/h3-10H,2H2,1H3. The first-order valence-electron chi connectivity index (χ1n) is 6.21. The average molecular weight is 333 g/mol. The Morgan fingerprint density at radius 2 is 1.80 bits per heavy atom. The third-order valence-corrected chi connectivity index (χ3v) is 3.27. The number of Topliss-reactive ketones (excluding diaryl/α,β-unsaturated/α-hetero) is 1. The molecule has 0 N–H and O–H groups in total. The van der Waals surface area contributed by atoms with E-state index in [1.165, 1.54) is 0 Å². The minimum atomic E-state index is -0.478. The Labute approximate surface area is 125 Å². The Kier molecular flexibility index (Phi) is 4.69. The van der Waals surface area contributed by atoms with Gasteiger partial charge in [0, 0.05) is 10.9 Å². The summed E-state index contributed by atoms with van der Waals surface area (Å²) >= 11 is 3.31. The van der Waals surface area contributed by atoms with Gasteiger partial charge in [-0.3, -0.25) is 4.79 Å². The number of hydrogen-bond acceptors (Lipinski definition) is 3. The van der Waals surface area contributed by atoms with Gasteiger partial charge in [-0.1, -0.05) is 41.1 Å². The van der Waals surface area contributed by atoms with E-state index in [0.29, 0.717) is 17.5 Å². The molecular weight excluding hydrogens is 320 g/mol. The van der Waals surface area contributed by atoms with Crippen molar-refractivity contribution in [1.29, 1.82) is 0 Å². The number of ether oxygens (including phenoxy) is 1. The number of esters is 1. The van der Waals surface area contributed by atoms with Crippen LogP contribution in [0, 0.1) is 0 Å². The molecule has 0 aliphatic rings. The Hall–Kier alpha value is -1.94. The number of halogens is 1. The molecule has 3 nitrogen and oxygen atoms in total. The van der Waals surface area contributed by atoms with Crippen molar-refractivity contribution < 1.29 is 14.3 Å². The van der Waals surface area contributed by atoms with Crippen LogP contribution in [0.4, 0.5) is 0 Å². The van der Waals surface area contributed by atoms with Gasteiger partial charge in [-0.25, -0.2) is 4.79 Å². The SMILES string of the molecule is CCC(=O)c1ccc(Br)cc1OC(=O)c1ccccc1. The quantitative estimate of drug-likeness (QED) is 0.477. The minimum absolute atomic E-state index is 0.0617. The van der Waals surface area contributed by atoms with E-state index in [2.05, 4.69) is 15.9 Å². The lowest BCUT2D eigenvalue weighted by Gasteiger charge is -2.09. The highest BCUT2D eigenvalue weighted by molar-refractivity contribution is 9.10. The highest BCUT2D eigenvalue weighted by atomic mass is 79.9. The van der Waals surface area contributed by atoms with Crippen LogP contribution >= 0.6 is 15.9 Å². The van der Waals surface area contributed by atoms with E-state index in [1.54, 1.807) is 49.4 Å². The molecule has 0 unspecified atom stereocenters.